The van der Waals surface area contributed by atoms with Crippen molar-refractivity contribution in [3.8, 4) is 0 Å². The molecule has 0 saturated carbocycles. The summed E-state index contributed by atoms with van der Waals surface area (Å²) in [5, 5.41) is 0. The number of alkyl halides is 1. The van der Waals surface area contributed by atoms with Crippen molar-refractivity contribution < 1.29 is 14.3 Å². The average Bonchev–Trinajstić information content (AvgIpc) is 2.90. The molecule has 0 N–H and O–H groups in total. The highest BCUT2D eigenvalue weighted by molar-refractivity contribution is 9.10. The first-order valence-electron chi connectivity index (χ1n) is 6.90. The van der Waals surface area contributed by atoms with E-state index >= 15 is 0 Å². The Bertz CT molecular complexity index is 505. The van der Waals surface area contributed by atoms with Crippen LogP contribution in [-0.2, 0) is 9.47 Å². The van der Waals surface area contributed by atoms with Gasteiger partial charge in [0.15, 0.2) is 6.23 Å². The summed E-state index contributed by atoms with van der Waals surface area (Å²) in [4.78, 5) is 14.0. The first-order chi connectivity index (χ1) is 9.55. The number of carbonyl (C=O) groups is 1. The standard InChI is InChI=1S/C15H18BrNO3/c1-3-12-15(2,16)13-17(14(18)20-12)11(9-19-13)10-7-5-4-6-8-10/h4-8,11-13H,3,9H2,1-2H3/t11-,12-,13+,15-/m0/s1. The van der Waals surface area contributed by atoms with Crippen molar-refractivity contribution in [2.24, 2.45) is 0 Å². The molecule has 108 valence electrons. The lowest BCUT2D eigenvalue weighted by molar-refractivity contribution is -0.0819. The van der Waals surface area contributed by atoms with Crippen LogP contribution in [0.4, 0.5) is 4.79 Å². The summed E-state index contributed by atoms with van der Waals surface area (Å²) in [6.07, 6.45) is 0.00630. The number of rotatable bonds is 2. The van der Waals surface area contributed by atoms with E-state index < -0.39 is 0 Å². The molecule has 4 atom stereocenters. The molecule has 3 rings (SSSR count). The van der Waals surface area contributed by atoms with Gasteiger partial charge in [0, 0.05) is 0 Å². The molecule has 0 aromatic heterocycles. The molecular weight excluding hydrogens is 322 g/mol. The highest BCUT2D eigenvalue weighted by Crippen LogP contribution is 2.45. The van der Waals surface area contributed by atoms with Crippen LogP contribution < -0.4 is 0 Å². The molecule has 1 aromatic carbocycles. The monoisotopic (exact) mass is 339 g/mol. The normalized spacial score (nSPS) is 36.6. The fourth-order valence-electron chi connectivity index (χ4n) is 3.04. The molecule has 0 spiro atoms. The van der Waals surface area contributed by atoms with Gasteiger partial charge in [0.25, 0.3) is 0 Å². The van der Waals surface area contributed by atoms with Gasteiger partial charge in [0.05, 0.1) is 12.6 Å². The number of benzene rings is 1. The van der Waals surface area contributed by atoms with E-state index in [0.29, 0.717) is 6.61 Å². The molecule has 2 aliphatic heterocycles. The first kappa shape index (κ1) is 13.9. The van der Waals surface area contributed by atoms with E-state index in [2.05, 4.69) is 15.9 Å². The molecule has 0 bridgehead atoms. The molecule has 0 unspecified atom stereocenters. The Morgan fingerprint density at radius 1 is 1.40 bits per heavy atom. The topological polar surface area (TPSA) is 38.8 Å². The summed E-state index contributed by atoms with van der Waals surface area (Å²) < 4.78 is 11.1. The van der Waals surface area contributed by atoms with Crippen LogP contribution >= 0.6 is 15.9 Å². The number of nitrogens with zero attached hydrogens (tertiary/aromatic N) is 1. The van der Waals surface area contributed by atoms with E-state index in [0.717, 1.165) is 12.0 Å². The largest absolute Gasteiger partial charge is 0.444 e. The first-order valence-corrected chi connectivity index (χ1v) is 7.69. The predicted molar refractivity (Wildman–Crippen MR) is 78.7 cm³/mol. The third-order valence-corrected chi connectivity index (χ3v) is 5.02. The summed E-state index contributed by atoms with van der Waals surface area (Å²) in [6, 6.07) is 9.86. The number of amides is 1. The Labute approximate surface area is 127 Å². The average molecular weight is 340 g/mol. The molecule has 4 nitrogen and oxygen atoms in total. The number of halogens is 1. The van der Waals surface area contributed by atoms with Gasteiger partial charge in [-0.25, -0.2) is 4.79 Å². The second kappa shape index (κ2) is 5.04. The molecule has 0 aliphatic carbocycles. The number of hydrogen-bond acceptors (Lipinski definition) is 3. The molecular formula is C15H18BrNO3. The maximum Gasteiger partial charge on any atom is 0.412 e. The van der Waals surface area contributed by atoms with Crippen molar-refractivity contribution in [2.75, 3.05) is 6.61 Å². The van der Waals surface area contributed by atoms with E-state index in [-0.39, 0.29) is 28.8 Å². The van der Waals surface area contributed by atoms with Crippen LogP contribution in [0.5, 0.6) is 0 Å². The van der Waals surface area contributed by atoms with Crippen molar-refractivity contribution in [1.29, 1.82) is 0 Å². The van der Waals surface area contributed by atoms with Crippen molar-refractivity contribution in [3.05, 3.63) is 35.9 Å². The Morgan fingerprint density at radius 3 is 2.75 bits per heavy atom. The van der Waals surface area contributed by atoms with Gasteiger partial charge in [-0.3, -0.25) is 4.90 Å². The third kappa shape index (κ3) is 2.04. The van der Waals surface area contributed by atoms with Gasteiger partial charge in [-0.1, -0.05) is 53.2 Å². The minimum absolute atomic E-state index is 0.0802. The Morgan fingerprint density at radius 2 is 2.10 bits per heavy atom. The zero-order chi connectivity index (χ0) is 14.3. The van der Waals surface area contributed by atoms with Crippen LogP contribution in [0.25, 0.3) is 0 Å². The Balaban J connectivity index is 1.93. The van der Waals surface area contributed by atoms with Crippen molar-refractivity contribution in [3.63, 3.8) is 0 Å². The maximum absolute atomic E-state index is 12.3. The lowest BCUT2D eigenvalue weighted by Gasteiger charge is -2.45. The highest BCUT2D eigenvalue weighted by Gasteiger charge is 2.56. The Hall–Kier alpha value is -1.07. The number of cyclic esters (lactones) is 1. The lowest BCUT2D eigenvalue weighted by atomic mass is 9.97. The van der Waals surface area contributed by atoms with Gasteiger partial charge in [0.2, 0.25) is 0 Å². The third-order valence-electron chi connectivity index (χ3n) is 4.12. The maximum atomic E-state index is 12.3. The molecule has 2 fully saturated rings. The summed E-state index contributed by atoms with van der Waals surface area (Å²) in [5.74, 6) is 0. The predicted octanol–water partition coefficient (Wildman–Crippen LogP) is 3.47. The van der Waals surface area contributed by atoms with Crippen LogP contribution in [-0.4, -0.2) is 34.3 Å². The zero-order valence-electron chi connectivity index (χ0n) is 11.6. The number of hydrogen-bond donors (Lipinski definition) is 0. The van der Waals surface area contributed by atoms with Crippen LogP contribution in [0, 0.1) is 0 Å². The van der Waals surface area contributed by atoms with Gasteiger partial charge >= 0.3 is 6.09 Å². The summed E-state index contributed by atoms with van der Waals surface area (Å²) in [5.41, 5.74) is 1.07. The van der Waals surface area contributed by atoms with E-state index in [9.17, 15) is 4.79 Å². The SMILES string of the molecule is CC[C@@H]1OC(=O)N2[C@H](c3ccccc3)CO[C@@H]2[C@@]1(C)Br. The van der Waals surface area contributed by atoms with Crippen molar-refractivity contribution in [1.82, 2.24) is 4.90 Å². The summed E-state index contributed by atoms with van der Waals surface area (Å²) in [6.45, 7) is 4.54. The second-order valence-electron chi connectivity index (χ2n) is 5.45. The minimum Gasteiger partial charge on any atom is -0.444 e. The highest BCUT2D eigenvalue weighted by atomic mass is 79.9. The molecule has 2 aliphatic rings. The van der Waals surface area contributed by atoms with E-state index in [4.69, 9.17) is 9.47 Å². The molecule has 2 saturated heterocycles. The smallest absolute Gasteiger partial charge is 0.412 e. The van der Waals surface area contributed by atoms with Crippen LogP contribution in [0.2, 0.25) is 0 Å². The van der Waals surface area contributed by atoms with Gasteiger partial charge in [0.1, 0.15) is 10.4 Å². The second-order valence-corrected chi connectivity index (χ2v) is 7.16. The minimum atomic E-state index is -0.390. The van der Waals surface area contributed by atoms with Crippen molar-refractivity contribution >= 4 is 22.0 Å². The van der Waals surface area contributed by atoms with Gasteiger partial charge < -0.3 is 9.47 Å². The van der Waals surface area contributed by atoms with E-state index in [1.54, 1.807) is 4.90 Å². The fourth-order valence-corrected chi connectivity index (χ4v) is 3.81. The molecule has 5 heteroatoms. The van der Waals surface area contributed by atoms with Crippen LogP contribution in [0.15, 0.2) is 30.3 Å². The van der Waals surface area contributed by atoms with Crippen LogP contribution in [0.3, 0.4) is 0 Å². The lowest BCUT2D eigenvalue weighted by Crippen LogP contribution is -2.60. The number of fused-ring (bicyclic) bond motifs is 1. The zero-order valence-corrected chi connectivity index (χ0v) is 13.2. The van der Waals surface area contributed by atoms with Gasteiger partial charge in [-0.05, 0) is 18.9 Å². The Kier molecular flexibility index (Phi) is 3.50. The fraction of sp³-hybridized carbons (Fsp3) is 0.533. The van der Waals surface area contributed by atoms with Gasteiger partial charge in [-0.15, -0.1) is 0 Å². The molecule has 1 amide bonds. The van der Waals surface area contributed by atoms with E-state index in [1.807, 2.05) is 44.2 Å². The summed E-state index contributed by atoms with van der Waals surface area (Å²) >= 11 is 3.71. The number of carbonyl (C=O) groups excluding carboxylic acids is 1. The molecule has 2 heterocycles. The van der Waals surface area contributed by atoms with E-state index in [1.165, 1.54) is 0 Å². The van der Waals surface area contributed by atoms with Crippen LogP contribution in [0.1, 0.15) is 31.9 Å². The number of ether oxygens (including phenoxy) is 2. The van der Waals surface area contributed by atoms with Gasteiger partial charge in [-0.2, -0.15) is 0 Å². The van der Waals surface area contributed by atoms with Crippen molar-refractivity contribution in [2.45, 2.75) is 43.0 Å². The summed E-state index contributed by atoms with van der Waals surface area (Å²) in [7, 11) is 0. The molecule has 1 aromatic rings. The molecule has 20 heavy (non-hydrogen) atoms. The quantitative estimate of drug-likeness (QED) is 0.774. The molecule has 0 radical (unpaired) electrons.